The molecule has 0 unspecified atom stereocenters. The molecule has 6 heteroatoms. The Hall–Kier alpha value is -3.64. The molecule has 3 aromatic carbocycles. The average Bonchev–Trinajstić information content (AvgIpc) is 3.25. The summed E-state index contributed by atoms with van der Waals surface area (Å²) in [5.74, 6) is -0.0230. The number of carbonyl (C=O) groups excluding carboxylic acids is 1. The number of fused-ring (bicyclic) bond motifs is 1. The molecule has 0 spiro atoms. The van der Waals surface area contributed by atoms with E-state index >= 15 is 0 Å². The van der Waals surface area contributed by atoms with Crippen LogP contribution < -0.4 is 4.90 Å². The Labute approximate surface area is 185 Å². The van der Waals surface area contributed by atoms with Gasteiger partial charge in [-0.2, -0.15) is 0 Å². The Kier molecular flexibility index (Phi) is 5.37. The first-order valence-corrected chi connectivity index (χ1v) is 10.9. The molecule has 5 nitrogen and oxygen atoms in total. The van der Waals surface area contributed by atoms with Crippen LogP contribution in [-0.2, 0) is 17.9 Å². The van der Waals surface area contributed by atoms with E-state index in [9.17, 15) is 4.79 Å². The van der Waals surface area contributed by atoms with E-state index in [1.165, 1.54) is 11.8 Å². The van der Waals surface area contributed by atoms with Crippen LogP contribution >= 0.6 is 11.8 Å². The van der Waals surface area contributed by atoms with Crippen molar-refractivity contribution in [3.8, 4) is 0 Å². The number of benzene rings is 3. The molecule has 0 fully saturated rings. The second-order valence-corrected chi connectivity index (χ2v) is 8.36. The molecule has 0 atom stereocenters. The molecule has 1 amide bonds. The zero-order chi connectivity index (χ0) is 21.0. The van der Waals surface area contributed by atoms with Crippen molar-refractivity contribution in [2.24, 2.45) is 0 Å². The summed E-state index contributed by atoms with van der Waals surface area (Å²) < 4.78 is 1.81. The van der Waals surface area contributed by atoms with Crippen molar-refractivity contribution in [2.75, 3.05) is 4.90 Å². The van der Waals surface area contributed by atoms with Gasteiger partial charge in [0.05, 0.1) is 29.9 Å². The highest BCUT2D eigenvalue weighted by atomic mass is 32.2. The summed E-state index contributed by atoms with van der Waals surface area (Å²) in [6.45, 7) is 1.02. The molecule has 31 heavy (non-hydrogen) atoms. The van der Waals surface area contributed by atoms with Crippen molar-refractivity contribution in [3.63, 3.8) is 0 Å². The van der Waals surface area contributed by atoms with Gasteiger partial charge in [-0.3, -0.25) is 4.79 Å². The lowest BCUT2D eigenvalue weighted by molar-refractivity contribution is -0.114. The summed E-state index contributed by atoms with van der Waals surface area (Å²) in [6, 6.07) is 28.0. The fraction of sp³-hybridized carbons (Fsp3) is 0.0800. The highest BCUT2D eigenvalue weighted by Gasteiger charge is 2.29. The molecule has 0 radical (unpaired) electrons. The molecule has 4 aromatic rings. The Morgan fingerprint density at radius 1 is 0.839 bits per heavy atom. The van der Waals surface area contributed by atoms with Crippen molar-refractivity contribution in [3.05, 3.63) is 113 Å². The van der Waals surface area contributed by atoms with Crippen LogP contribution in [0.15, 0.2) is 101 Å². The monoisotopic (exact) mass is 424 g/mol. The molecule has 0 aliphatic carbocycles. The molecule has 5 rings (SSSR count). The summed E-state index contributed by atoms with van der Waals surface area (Å²) in [6.07, 6.45) is 3.85. The number of nitrogens with zero attached hydrogens (tertiary/aromatic N) is 4. The van der Waals surface area contributed by atoms with Crippen LogP contribution in [0.5, 0.6) is 0 Å². The molecule has 1 aliphatic heterocycles. The third-order valence-electron chi connectivity index (χ3n) is 5.02. The number of anilines is 1. The number of aromatic nitrogens is 3. The van der Waals surface area contributed by atoms with E-state index in [0.29, 0.717) is 18.0 Å². The normalized spacial score (nSPS) is 14.6. The van der Waals surface area contributed by atoms with Crippen molar-refractivity contribution in [1.82, 2.24) is 15.0 Å². The van der Waals surface area contributed by atoms with E-state index in [4.69, 9.17) is 0 Å². The number of para-hydroxylation sites is 1. The molecule has 0 N–H and O–H groups in total. The minimum atomic E-state index is -0.0230. The van der Waals surface area contributed by atoms with E-state index < -0.39 is 0 Å². The first-order valence-electron chi connectivity index (χ1n) is 10.0. The van der Waals surface area contributed by atoms with Gasteiger partial charge in [0, 0.05) is 4.90 Å². The van der Waals surface area contributed by atoms with Gasteiger partial charge in [-0.25, -0.2) is 4.68 Å². The number of amides is 1. The minimum absolute atomic E-state index is 0.0230. The summed E-state index contributed by atoms with van der Waals surface area (Å²) in [5.41, 5.74) is 3.82. The Morgan fingerprint density at radius 2 is 1.55 bits per heavy atom. The highest BCUT2D eigenvalue weighted by molar-refractivity contribution is 8.04. The topological polar surface area (TPSA) is 51.0 Å². The van der Waals surface area contributed by atoms with Crippen LogP contribution in [0.3, 0.4) is 0 Å². The van der Waals surface area contributed by atoms with Crippen LogP contribution in [0.1, 0.15) is 16.8 Å². The van der Waals surface area contributed by atoms with Gasteiger partial charge in [0.25, 0.3) is 5.91 Å². The quantitative estimate of drug-likeness (QED) is 0.423. The van der Waals surface area contributed by atoms with Gasteiger partial charge in [-0.05, 0) is 29.3 Å². The van der Waals surface area contributed by atoms with Crippen LogP contribution in [0, 0.1) is 0 Å². The van der Waals surface area contributed by atoms with Crippen molar-refractivity contribution >= 4 is 29.4 Å². The predicted molar refractivity (Wildman–Crippen MR) is 123 cm³/mol. The van der Waals surface area contributed by atoms with Crippen molar-refractivity contribution in [2.45, 2.75) is 18.0 Å². The largest absolute Gasteiger partial charge is 0.301 e. The Balaban J connectivity index is 1.42. The summed E-state index contributed by atoms with van der Waals surface area (Å²) in [4.78, 5) is 16.9. The van der Waals surface area contributed by atoms with Gasteiger partial charge in [0.15, 0.2) is 0 Å². The van der Waals surface area contributed by atoms with Gasteiger partial charge in [0.1, 0.15) is 5.69 Å². The molecule has 0 saturated heterocycles. The van der Waals surface area contributed by atoms with Gasteiger partial charge in [-0.15, -0.1) is 5.10 Å². The second kappa shape index (κ2) is 8.62. The maximum atomic E-state index is 13.4. The number of thioether (sulfide) groups is 1. The Morgan fingerprint density at radius 3 is 2.35 bits per heavy atom. The summed E-state index contributed by atoms with van der Waals surface area (Å²) >= 11 is 1.51. The average molecular weight is 425 g/mol. The molecular formula is C25H20N4OS. The smallest absolute Gasteiger partial charge is 0.265 e. The third-order valence-corrected chi connectivity index (χ3v) is 6.10. The predicted octanol–water partition coefficient (Wildman–Crippen LogP) is 5.01. The zero-order valence-corrected chi connectivity index (χ0v) is 17.6. The number of rotatable bonds is 5. The summed E-state index contributed by atoms with van der Waals surface area (Å²) in [5, 5.41) is 8.57. The van der Waals surface area contributed by atoms with Crippen LogP contribution in [0.4, 0.5) is 5.69 Å². The van der Waals surface area contributed by atoms with Gasteiger partial charge >= 0.3 is 0 Å². The van der Waals surface area contributed by atoms with Gasteiger partial charge < -0.3 is 4.90 Å². The van der Waals surface area contributed by atoms with E-state index in [1.807, 2.05) is 85.1 Å². The molecule has 0 bridgehead atoms. The van der Waals surface area contributed by atoms with Crippen LogP contribution in [0.25, 0.3) is 6.08 Å². The molecule has 1 aliphatic rings. The van der Waals surface area contributed by atoms with Crippen LogP contribution in [-0.4, -0.2) is 20.9 Å². The molecular weight excluding hydrogens is 404 g/mol. The maximum absolute atomic E-state index is 13.4. The van der Waals surface area contributed by atoms with Gasteiger partial charge in [-0.1, -0.05) is 89.8 Å². The van der Waals surface area contributed by atoms with E-state index in [1.54, 1.807) is 9.58 Å². The highest BCUT2D eigenvalue weighted by Crippen LogP contribution is 2.42. The standard InChI is InChI=1S/C25H20N4OS/c30-25-24(15-19-9-3-1-4-10-19)31-23-14-8-7-13-22(23)29(25)18-21-17-28(27-26-21)16-20-11-5-2-6-12-20/h1-15,17H,16,18H2/b24-15-. The first kappa shape index (κ1) is 19.3. The zero-order valence-electron chi connectivity index (χ0n) is 16.8. The molecule has 152 valence electrons. The first-order chi connectivity index (χ1) is 15.3. The second-order valence-electron chi connectivity index (χ2n) is 7.27. The van der Waals surface area contributed by atoms with Crippen molar-refractivity contribution < 1.29 is 4.79 Å². The van der Waals surface area contributed by atoms with Crippen molar-refractivity contribution in [1.29, 1.82) is 0 Å². The Bertz CT molecular complexity index is 1230. The third kappa shape index (κ3) is 4.29. The summed E-state index contributed by atoms with van der Waals surface area (Å²) in [7, 11) is 0. The lowest BCUT2D eigenvalue weighted by atomic mass is 10.2. The molecule has 1 aromatic heterocycles. The number of hydrogen-bond acceptors (Lipinski definition) is 4. The van der Waals surface area contributed by atoms with E-state index in [0.717, 1.165) is 27.4 Å². The fourth-order valence-corrected chi connectivity index (χ4v) is 4.60. The van der Waals surface area contributed by atoms with Gasteiger partial charge in [0.2, 0.25) is 0 Å². The van der Waals surface area contributed by atoms with Crippen LogP contribution in [0.2, 0.25) is 0 Å². The lowest BCUT2D eigenvalue weighted by Gasteiger charge is -2.29. The number of carbonyl (C=O) groups is 1. The molecule has 2 heterocycles. The number of hydrogen-bond donors (Lipinski definition) is 0. The van der Waals surface area contributed by atoms with E-state index in [2.05, 4.69) is 22.4 Å². The maximum Gasteiger partial charge on any atom is 0.265 e. The van der Waals surface area contributed by atoms with E-state index in [-0.39, 0.29) is 5.91 Å². The minimum Gasteiger partial charge on any atom is -0.301 e. The SMILES string of the molecule is O=C1/C(=C/c2ccccc2)Sc2ccccc2N1Cc1cn(Cc2ccccc2)nn1. The lowest BCUT2D eigenvalue weighted by Crippen LogP contribution is -2.33. The fourth-order valence-electron chi connectivity index (χ4n) is 3.54. The molecule has 0 saturated carbocycles.